The molecule has 0 radical (unpaired) electrons. The van der Waals surface area contributed by atoms with Gasteiger partial charge in [0.05, 0.1) is 29.9 Å². The minimum absolute atomic E-state index is 0.0261. The van der Waals surface area contributed by atoms with Gasteiger partial charge in [0.15, 0.2) is 0 Å². The fourth-order valence-corrected chi connectivity index (χ4v) is 7.97. The lowest BCUT2D eigenvalue weighted by Gasteiger charge is -2.64. The Kier molecular flexibility index (Phi) is 8.12. The van der Waals surface area contributed by atoms with Gasteiger partial charge in [-0.15, -0.1) is 0 Å². The van der Waals surface area contributed by atoms with Crippen molar-refractivity contribution in [2.75, 3.05) is 6.54 Å². The second kappa shape index (κ2) is 11.6. The molecular weight excluding hydrogens is 555 g/mol. The van der Waals surface area contributed by atoms with E-state index in [0.29, 0.717) is 42.0 Å². The molecule has 1 unspecified atom stereocenters. The molecule has 9 nitrogen and oxygen atoms in total. The Hall–Kier alpha value is -3.24. The zero-order valence-corrected chi connectivity index (χ0v) is 26.8. The molecule has 5 aliphatic rings. The van der Waals surface area contributed by atoms with Crippen LogP contribution in [0.15, 0.2) is 53.8 Å². The monoisotopic (exact) mass is 600 g/mol. The van der Waals surface area contributed by atoms with E-state index in [1.807, 2.05) is 43.3 Å². The van der Waals surface area contributed by atoms with Crippen molar-refractivity contribution in [1.29, 1.82) is 0 Å². The van der Waals surface area contributed by atoms with Gasteiger partial charge in [0.2, 0.25) is 5.60 Å². The van der Waals surface area contributed by atoms with Gasteiger partial charge in [-0.1, -0.05) is 69.2 Å². The van der Waals surface area contributed by atoms with Crippen LogP contribution in [0.25, 0.3) is 0 Å². The number of amides is 2. The van der Waals surface area contributed by atoms with Gasteiger partial charge in [-0.25, -0.2) is 0 Å². The van der Waals surface area contributed by atoms with Crippen LogP contribution >= 0.6 is 0 Å². The number of aromatic nitrogens is 1. The van der Waals surface area contributed by atoms with Crippen LogP contribution in [0.5, 0.6) is 0 Å². The molecule has 10 heteroatoms. The van der Waals surface area contributed by atoms with E-state index in [1.54, 1.807) is 12.3 Å². The molecule has 2 bridgehead atoms. The largest absolute Gasteiger partial charge is 0.481 e. The molecule has 1 aromatic carbocycles. The summed E-state index contributed by atoms with van der Waals surface area (Å²) in [6.45, 7) is 13.2. The Morgan fingerprint density at radius 3 is 2.57 bits per heavy atom. The van der Waals surface area contributed by atoms with Gasteiger partial charge in [-0.3, -0.25) is 14.6 Å². The molecule has 3 aliphatic carbocycles. The van der Waals surface area contributed by atoms with Crippen LogP contribution in [0.3, 0.4) is 0 Å². The molecule has 1 aromatic heterocycles. The Balaban J connectivity index is 1.18. The van der Waals surface area contributed by atoms with Gasteiger partial charge in [0, 0.05) is 19.0 Å². The van der Waals surface area contributed by atoms with Gasteiger partial charge in [-0.05, 0) is 73.5 Å². The highest BCUT2D eigenvalue weighted by Gasteiger charge is 2.68. The first-order valence-electron chi connectivity index (χ1n) is 16.0. The van der Waals surface area contributed by atoms with E-state index in [0.717, 1.165) is 17.5 Å². The first kappa shape index (κ1) is 30.8. The van der Waals surface area contributed by atoms with Crippen LogP contribution in [0, 0.1) is 30.1 Å². The van der Waals surface area contributed by atoms with Crippen molar-refractivity contribution in [3.05, 3.63) is 65.5 Å². The standard InChI is InChI=1S/C34H45BN4O5/c1-21(2)15-28(35-42-27-17-24-16-26(32(24,4)5)33(27,6)43-35)38-31(41)34(18-23-12-8-7-9-13-23)19-25(39-44-34)20-37-30(40)29-22(3)11-10-14-36-29/h7-14,21,24,26-28H,15-20H2,1-6H3,(H,37,40)(H,38,41)/t24-,26-,27+,28-,33-,34?/m0/s1. The molecule has 2 aromatic rings. The number of carbonyl (C=O) groups excluding carboxylic acids is 2. The van der Waals surface area contributed by atoms with Crippen molar-refractivity contribution in [3.8, 4) is 0 Å². The SMILES string of the molecule is Cc1cccnc1C(=O)NCC1=NOC(Cc2ccccc2)(C(=O)N[C@@H](CC(C)C)B2O[C@@H]3C[C@@H]4C[C@@H](C4(C)C)[C@]3(C)O2)C1. The first-order chi connectivity index (χ1) is 20.9. The van der Waals surface area contributed by atoms with Crippen molar-refractivity contribution in [2.45, 2.75) is 96.9 Å². The Morgan fingerprint density at radius 2 is 1.86 bits per heavy atom. The fourth-order valence-electron chi connectivity index (χ4n) is 7.97. The molecule has 0 spiro atoms. The summed E-state index contributed by atoms with van der Waals surface area (Å²) in [5, 5.41) is 10.5. The minimum atomic E-state index is -1.27. The van der Waals surface area contributed by atoms with Crippen molar-refractivity contribution >= 4 is 24.6 Å². The molecule has 3 heterocycles. The summed E-state index contributed by atoms with van der Waals surface area (Å²) in [4.78, 5) is 37.4. The van der Waals surface area contributed by atoms with E-state index < -0.39 is 12.7 Å². The molecule has 2 amide bonds. The maximum absolute atomic E-state index is 14.3. The summed E-state index contributed by atoms with van der Waals surface area (Å²) in [5.41, 5.74) is 1.30. The van der Waals surface area contributed by atoms with Gasteiger partial charge in [0.25, 0.3) is 11.8 Å². The number of nitrogens with one attached hydrogen (secondary N) is 2. The topological polar surface area (TPSA) is 111 Å². The average Bonchev–Trinajstić information content (AvgIpc) is 3.57. The summed E-state index contributed by atoms with van der Waals surface area (Å²) in [6, 6.07) is 13.4. The zero-order valence-electron chi connectivity index (χ0n) is 26.8. The van der Waals surface area contributed by atoms with E-state index in [2.05, 4.69) is 55.4 Å². The van der Waals surface area contributed by atoms with Crippen LogP contribution in [0.4, 0.5) is 0 Å². The molecule has 4 fully saturated rings. The van der Waals surface area contributed by atoms with E-state index in [-0.39, 0.29) is 47.8 Å². The summed E-state index contributed by atoms with van der Waals surface area (Å²) in [5.74, 6) is 0.485. The van der Waals surface area contributed by atoms with Crippen molar-refractivity contribution in [1.82, 2.24) is 15.6 Å². The van der Waals surface area contributed by atoms with Crippen molar-refractivity contribution in [2.24, 2.45) is 28.3 Å². The third-order valence-electron chi connectivity index (χ3n) is 10.6. The summed E-state index contributed by atoms with van der Waals surface area (Å²) < 4.78 is 13.4. The molecule has 44 heavy (non-hydrogen) atoms. The molecule has 7 rings (SSSR count). The van der Waals surface area contributed by atoms with E-state index in [4.69, 9.17) is 14.1 Å². The van der Waals surface area contributed by atoms with Crippen LogP contribution in [0.2, 0.25) is 0 Å². The first-order valence-corrected chi connectivity index (χ1v) is 16.0. The fraction of sp³-hybridized carbons (Fsp3) is 0.588. The summed E-state index contributed by atoms with van der Waals surface area (Å²) in [7, 11) is -0.539. The molecule has 2 N–H and O–H groups in total. The number of pyridine rings is 1. The Bertz CT molecular complexity index is 1430. The quantitative estimate of drug-likeness (QED) is 0.384. The van der Waals surface area contributed by atoms with Gasteiger partial charge >= 0.3 is 7.12 Å². The summed E-state index contributed by atoms with van der Waals surface area (Å²) >= 11 is 0. The zero-order chi connectivity index (χ0) is 31.3. The van der Waals surface area contributed by atoms with Crippen LogP contribution < -0.4 is 10.6 Å². The third-order valence-corrected chi connectivity index (χ3v) is 10.6. The molecular formula is C34H45BN4O5. The highest BCUT2D eigenvalue weighted by atomic mass is 16.7. The number of hydrogen-bond donors (Lipinski definition) is 2. The molecule has 234 valence electrons. The Morgan fingerprint density at radius 1 is 1.09 bits per heavy atom. The lowest BCUT2D eigenvalue weighted by molar-refractivity contribution is -0.199. The summed E-state index contributed by atoms with van der Waals surface area (Å²) in [6.07, 6.45) is 5.05. The Labute approximate surface area is 261 Å². The number of carbonyl (C=O) groups is 2. The maximum atomic E-state index is 14.3. The molecule has 2 aliphatic heterocycles. The second-order valence-electron chi connectivity index (χ2n) is 14.5. The number of hydrogen-bond acceptors (Lipinski definition) is 7. The lowest BCUT2D eigenvalue weighted by atomic mass is 9.43. The second-order valence-corrected chi connectivity index (χ2v) is 14.5. The highest BCUT2D eigenvalue weighted by Crippen LogP contribution is 2.65. The third kappa shape index (κ3) is 5.55. The van der Waals surface area contributed by atoms with E-state index >= 15 is 0 Å². The van der Waals surface area contributed by atoms with Gasteiger partial charge < -0.3 is 24.8 Å². The highest BCUT2D eigenvalue weighted by molar-refractivity contribution is 6.48. The minimum Gasteiger partial charge on any atom is -0.404 e. The van der Waals surface area contributed by atoms with Gasteiger partial charge in [-0.2, -0.15) is 0 Å². The number of aryl methyl sites for hydroxylation is 1. The van der Waals surface area contributed by atoms with Crippen LogP contribution in [-0.4, -0.2) is 59.4 Å². The van der Waals surface area contributed by atoms with E-state index in [1.165, 1.54) is 6.42 Å². The number of benzene rings is 1. The van der Waals surface area contributed by atoms with Crippen LogP contribution in [-0.2, 0) is 25.4 Å². The predicted octanol–water partition coefficient (Wildman–Crippen LogP) is 4.68. The molecule has 1 saturated heterocycles. The lowest BCUT2D eigenvalue weighted by Crippen LogP contribution is -2.65. The van der Waals surface area contributed by atoms with Crippen LogP contribution in [0.1, 0.15) is 81.9 Å². The average molecular weight is 601 g/mol. The number of nitrogens with zero attached hydrogens (tertiary/aromatic N) is 2. The van der Waals surface area contributed by atoms with Crippen molar-refractivity contribution < 1.29 is 23.7 Å². The van der Waals surface area contributed by atoms with Crippen molar-refractivity contribution in [3.63, 3.8) is 0 Å². The van der Waals surface area contributed by atoms with Gasteiger partial charge in [0.1, 0.15) is 5.69 Å². The smallest absolute Gasteiger partial charge is 0.404 e. The normalized spacial score (nSPS) is 30.6. The number of oxime groups is 1. The van der Waals surface area contributed by atoms with E-state index in [9.17, 15) is 9.59 Å². The predicted molar refractivity (Wildman–Crippen MR) is 169 cm³/mol. The molecule has 3 saturated carbocycles. The maximum Gasteiger partial charge on any atom is 0.481 e. The number of rotatable bonds is 10. The molecule has 6 atom stereocenters.